The number of H-pyrrole nitrogens is 1. The number of rotatable bonds is 3. The summed E-state index contributed by atoms with van der Waals surface area (Å²) in [6.07, 6.45) is 2.20. The van der Waals surface area contributed by atoms with E-state index in [1.54, 1.807) is 0 Å². The lowest BCUT2D eigenvalue weighted by atomic mass is 10.2. The minimum atomic E-state index is 0.0872. The van der Waals surface area contributed by atoms with Crippen LogP contribution in [0.1, 0.15) is 23.3 Å². The number of fused-ring (bicyclic) bond motifs is 1. The van der Waals surface area contributed by atoms with Crippen LogP contribution in [0.3, 0.4) is 0 Å². The number of likely N-dealkylation sites (tertiary alicyclic amines) is 1. The molecule has 1 N–H and O–H groups in total. The van der Waals surface area contributed by atoms with Gasteiger partial charge in [0.2, 0.25) is 0 Å². The number of benzene rings is 2. The smallest absolute Gasteiger partial charge is 0.270 e. The van der Waals surface area contributed by atoms with Crippen LogP contribution in [0.5, 0.6) is 11.5 Å². The number of carbonyl (C=O) groups is 1. The first-order valence-corrected chi connectivity index (χ1v) is 7.94. The summed E-state index contributed by atoms with van der Waals surface area (Å²) in [6.45, 7) is 1.72. The number of hydrogen-bond donors (Lipinski definition) is 1. The second-order valence-corrected chi connectivity index (χ2v) is 5.85. The Balaban J connectivity index is 1.60. The fourth-order valence-corrected chi connectivity index (χ4v) is 3.00. The highest BCUT2D eigenvalue weighted by Gasteiger charge is 2.20. The molecular formula is C19H18N2O2. The third-order valence-electron chi connectivity index (χ3n) is 4.19. The Labute approximate surface area is 134 Å². The molecule has 23 heavy (non-hydrogen) atoms. The minimum absolute atomic E-state index is 0.0872. The third kappa shape index (κ3) is 2.80. The first kappa shape index (κ1) is 13.9. The lowest BCUT2D eigenvalue weighted by molar-refractivity contribution is 0.0788. The van der Waals surface area contributed by atoms with Crippen LogP contribution in [0.2, 0.25) is 0 Å². The Morgan fingerprint density at radius 1 is 0.957 bits per heavy atom. The molecule has 0 radical (unpaired) electrons. The number of para-hydroxylation sites is 1. The maximum atomic E-state index is 12.5. The van der Waals surface area contributed by atoms with Crippen molar-refractivity contribution in [3.63, 3.8) is 0 Å². The molecule has 1 amide bonds. The molecule has 0 spiro atoms. The zero-order chi connectivity index (χ0) is 15.6. The molecule has 3 aromatic rings. The van der Waals surface area contributed by atoms with Crippen LogP contribution in [0.4, 0.5) is 0 Å². The maximum Gasteiger partial charge on any atom is 0.270 e. The van der Waals surface area contributed by atoms with Crippen molar-refractivity contribution in [2.45, 2.75) is 12.8 Å². The van der Waals surface area contributed by atoms with E-state index in [0.717, 1.165) is 48.3 Å². The Morgan fingerprint density at radius 2 is 1.74 bits per heavy atom. The van der Waals surface area contributed by atoms with Gasteiger partial charge in [-0.3, -0.25) is 4.79 Å². The van der Waals surface area contributed by atoms with Crippen LogP contribution in [0, 0.1) is 0 Å². The molecule has 0 bridgehead atoms. The molecule has 4 nitrogen and oxygen atoms in total. The van der Waals surface area contributed by atoms with Crippen molar-refractivity contribution in [1.82, 2.24) is 9.88 Å². The lowest BCUT2D eigenvalue weighted by Crippen LogP contribution is -2.27. The van der Waals surface area contributed by atoms with E-state index in [4.69, 9.17) is 4.74 Å². The first-order chi connectivity index (χ1) is 11.3. The van der Waals surface area contributed by atoms with Gasteiger partial charge in [-0.15, -0.1) is 0 Å². The summed E-state index contributed by atoms with van der Waals surface area (Å²) < 4.78 is 5.85. The fourth-order valence-electron chi connectivity index (χ4n) is 3.00. The van der Waals surface area contributed by atoms with E-state index in [9.17, 15) is 4.79 Å². The van der Waals surface area contributed by atoms with Gasteiger partial charge in [0, 0.05) is 24.0 Å². The number of ether oxygens (including phenoxy) is 1. The van der Waals surface area contributed by atoms with Gasteiger partial charge in [-0.25, -0.2) is 0 Å². The Bertz CT molecular complexity index is 833. The van der Waals surface area contributed by atoms with Crippen molar-refractivity contribution >= 4 is 16.8 Å². The highest BCUT2D eigenvalue weighted by Crippen LogP contribution is 2.26. The van der Waals surface area contributed by atoms with Crippen LogP contribution >= 0.6 is 0 Å². The van der Waals surface area contributed by atoms with Crippen molar-refractivity contribution in [3.8, 4) is 11.5 Å². The summed E-state index contributed by atoms with van der Waals surface area (Å²) in [7, 11) is 0. The average molecular weight is 306 g/mol. The van der Waals surface area contributed by atoms with E-state index in [1.165, 1.54) is 0 Å². The van der Waals surface area contributed by atoms with Gasteiger partial charge in [0.05, 0.1) is 0 Å². The van der Waals surface area contributed by atoms with E-state index >= 15 is 0 Å². The Kier molecular flexibility index (Phi) is 3.50. The van der Waals surface area contributed by atoms with Crippen molar-refractivity contribution in [2.24, 2.45) is 0 Å². The van der Waals surface area contributed by atoms with E-state index in [1.807, 2.05) is 59.5 Å². The van der Waals surface area contributed by atoms with Gasteiger partial charge in [-0.2, -0.15) is 0 Å². The SMILES string of the molecule is O=C(c1cc2cc(Oc3ccccc3)ccc2[nH]1)N1CCCC1. The molecule has 116 valence electrons. The summed E-state index contributed by atoms with van der Waals surface area (Å²) in [5, 5.41) is 0.987. The second-order valence-electron chi connectivity index (χ2n) is 5.85. The van der Waals surface area contributed by atoms with Crippen LogP contribution in [0.25, 0.3) is 10.9 Å². The summed E-state index contributed by atoms with van der Waals surface area (Å²) in [6, 6.07) is 17.4. The number of nitrogens with one attached hydrogen (secondary N) is 1. The average Bonchev–Trinajstić information content (AvgIpc) is 3.24. The quantitative estimate of drug-likeness (QED) is 0.788. The van der Waals surface area contributed by atoms with Gasteiger partial charge >= 0.3 is 0 Å². The van der Waals surface area contributed by atoms with E-state index < -0.39 is 0 Å². The highest BCUT2D eigenvalue weighted by molar-refractivity contribution is 5.98. The van der Waals surface area contributed by atoms with Crippen LogP contribution < -0.4 is 4.74 Å². The monoisotopic (exact) mass is 306 g/mol. The topological polar surface area (TPSA) is 45.3 Å². The number of hydrogen-bond acceptors (Lipinski definition) is 2. The fraction of sp³-hybridized carbons (Fsp3) is 0.211. The third-order valence-corrected chi connectivity index (χ3v) is 4.19. The van der Waals surface area contributed by atoms with Gasteiger partial charge in [-0.05, 0) is 49.2 Å². The highest BCUT2D eigenvalue weighted by atomic mass is 16.5. The molecule has 1 fully saturated rings. The van der Waals surface area contributed by atoms with E-state index in [2.05, 4.69) is 4.98 Å². The standard InChI is InChI=1S/C19H18N2O2/c22-19(21-10-4-5-11-21)18-13-14-12-16(8-9-17(14)20-18)23-15-6-2-1-3-7-15/h1-3,6-9,12-13,20H,4-5,10-11H2. The molecule has 2 heterocycles. The maximum absolute atomic E-state index is 12.5. The second kappa shape index (κ2) is 5.80. The molecule has 4 heteroatoms. The predicted octanol–water partition coefficient (Wildman–Crippen LogP) is 4.20. The number of aromatic nitrogens is 1. The first-order valence-electron chi connectivity index (χ1n) is 7.94. The number of carbonyl (C=O) groups excluding carboxylic acids is 1. The summed E-state index contributed by atoms with van der Waals surface area (Å²) >= 11 is 0. The van der Waals surface area contributed by atoms with Gasteiger partial charge < -0.3 is 14.6 Å². The zero-order valence-corrected chi connectivity index (χ0v) is 12.8. The zero-order valence-electron chi connectivity index (χ0n) is 12.8. The van der Waals surface area contributed by atoms with Gasteiger partial charge in [0.15, 0.2) is 0 Å². The molecule has 0 atom stereocenters. The van der Waals surface area contributed by atoms with Crippen molar-refractivity contribution in [1.29, 1.82) is 0 Å². The molecule has 0 aliphatic carbocycles. The van der Waals surface area contributed by atoms with Gasteiger partial charge in [-0.1, -0.05) is 18.2 Å². The van der Waals surface area contributed by atoms with Crippen LogP contribution in [0.15, 0.2) is 54.6 Å². The largest absolute Gasteiger partial charge is 0.457 e. The molecule has 1 aliphatic rings. The Morgan fingerprint density at radius 3 is 2.52 bits per heavy atom. The van der Waals surface area contributed by atoms with E-state index in [0.29, 0.717) is 5.69 Å². The van der Waals surface area contributed by atoms with Crippen molar-refractivity contribution in [2.75, 3.05) is 13.1 Å². The molecule has 2 aromatic carbocycles. The molecule has 1 saturated heterocycles. The normalized spacial score (nSPS) is 14.3. The number of aromatic amines is 1. The molecule has 0 saturated carbocycles. The molecule has 0 unspecified atom stereocenters. The van der Waals surface area contributed by atoms with Crippen molar-refractivity contribution in [3.05, 3.63) is 60.3 Å². The van der Waals surface area contributed by atoms with Crippen LogP contribution in [-0.4, -0.2) is 28.9 Å². The summed E-state index contributed by atoms with van der Waals surface area (Å²) in [4.78, 5) is 17.6. The lowest BCUT2D eigenvalue weighted by Gasteiger charge is -2.13. The molecule has 1 aromatic heterocycles. The molecule has 1 aliphatic heterocycles. The van der Waals surface area contributed by atoms with Gasteiger partial charge in [0.1, 0.15) is 17.2 Å². The number of nitrogens with zero attached hydrogens (tertiary/aromatic N) is 1. The van der Waals surface area contributed by atoms with E-state index in [-0.39, 0.29) is 5.91 Å². The number of amides is 1. The van der Waals surface area contributed by atoms with Gasteiger partial charge in [0.25, 0.3) is 5.91 Å². The Hall–Kier alpha value is -2.75. The predicted molar refractivity (Wildman–Crippen MR) is 90.0 cm³/mol. The molecule has 4 rings (SSSR count). The summed E-state index contributed by atoms with van der Waals surface area (Å²) in [5.74, 6) is 1.66. The summed E-state index contributed by atoms with van der Waals surface area (Å²) in [5.41, 5.74) is 1.60. The molecular weight excluding hydrogens is 288 g/mol. The minimum Gasteiger partial charge on any atom is -0.457 e. The van der Waals surface area contributed by atoms with Crippen LogP contribution in [-0.2, 0) is 0 Å². The van der Waals surface area contributed by atoms with Crippen molar-refractivity contribution < 1.29 is 9.53 Å².